The highest BCUT2D eigenvalue weighted by Gasteiger charge is 2.36. The van der Waals surface area contributed by atoms with E-state index < -0.39 is 11.9 Å². The average Bonchev–Trinajstić information content (AvgIpc) is 3.16. The quantitative estimate of drug-likeness (QED) is 0.362. The number of hydrogen-bond acceptors (Lipinski definition) is 4. The fourth-order valence-corrected chi connectivity index (χ4v) is 2.30. The lowest BCUT2D eigenvalue weighted by molar-refractivity contribution is -0.142. The highest BCUT2D eigenvalue weighted by molar-refractivity contribution is 14.0. The third-order valence-electron chi connectivity index (χ3n) is 3.62. The van der Waals surface area contributed by atoms with E-state index in [-0.39, 0.29) is 48.0 Å². The fourth-order valence-electron chi connectivity index (χ4n) is 2.30. The maximum absolute atomic E-state index is 13.0. The summed E-state index contributed by atoms with van der Waals surface area (Å²) in [5.74, 6) is 1.60. The molecule has 0 unspecified atom stereocenters. The number of guanidine groups is 1. The largest absolute Gasteiger partial charge is 0.443 e. The van der Waals surface area contributed by atoms with Crippen molar-refractivity contribution in [1.29, 1.82) is 0 Å². The lowest BCUT2D eigenvalue weighted by Gasteiger charge is -2.13. The van der Waals surface area contributed by atoms with Gasteiger partial charge >= 0.3 is 6.18 Å². The summed E-state index contributed by atoms with van der Waals surface area (Å²) in [6.07, 6.45) is -1.52. The molecule has 2 heterocycles. The second kappa shape index (κ2) is 9.61. The highest BCUT2D eigenvalue weighted by Crippen LogP contribution is 2.30. The second-order valence-corrected chi connectivity index (χ2v) is 7.09. The molecule has 0 aromatic carbocycles. The Morgan fingerprint density at radius 3 is 2.46 bits per heavy atom. The van der Waals surface area contributed by atoms with Crippen LogP contribution in [0.2, 0.25) is 0 Å². The van der Waals surface area contributed by atoms with Gasteiger partial charge < -0.3 is 15.1 Å². The topological polar surface area (TPSA) is 80.3 Å². The minimum absolute atomic E-state index is 0. The summed E-state index contributed by atoms with van der Waals surface area (Å²) in [7, 11) is 1.45. The van der Waals surface area contributed by atoms with E-state index in [0.29, 0.717) is 18.4 Å². The third-order valence-corrected chi connectivity index (χ3v) is 3.62. The number of hydrogen-bond donors (Lipinski definition) is 2. The number of alkyl halides is 3. The number of aliphatic imine (C=N–C) groups is 1. The van der Waals surface area contributed by atoms with E-state index in [1.54, 1.807) is 6.20 Å². The molecule has 0 amide bonds. The Morgan fingerprint density at radius 2 is 1.93 bits per heavy atom. The Hall–Kier alpha value is -1.79. The zero-order chi connectivity index (χ0) is 20.2. The van der Waals surface area contributed by atoms with Crippen LogP contribution < -0.4 is 10.6 Å². The van der Waals surface area contributed by atoms with E-state index in [4.69, 9.17) is 4.42 Å². The molecule has 0 saturated heterocycles. The number of halogens is 4. The van der Waals surface area contributed by atoms with Gasteiger partial charge in [0.05, 0.1) is 19.3 Å². The Morgan fingerprint density at radius 1 is 1.25 bits per heavy atom. The predicted octanol–water partition coefficient (Wildman–Crippen LogP) is 3.60. The van der Waals surface area contributed by atoms with Gasteiger partial charge in [-0.1, -0.05) is 20.8 Å². The summed E-state index contributed by atoms with van der Waals surface area (Å²) in [6.45, 7) is 8.58. The van der Waals surface area contributed by atoms with E-state index in [9.17, 15) is 13.2 Å². The first-order valence-electron chi connectivity index (χ1n) is 8.57. The average molecular weight is 514 g/mol. The van der Waals surface area contributed by atoms with Crippen LogP contribution >= 0.6 is 24.0 Å². The molecule has 2 aromatic heterocycles. The zero-order valence-electron chi connectivity index (χ0n) is 16.5. The number of oxazole rings is 1. The van der Waals surface area contributed by atoms with Crippen LogP contribution in [-0.4, -0.2) is 27.3 Å². The molecular formula is C17H26F3IN6O. The van der Waals surface area contributed by atoms with Gasteiger partial charge in [0.1, 0.15) is 5.76 Å². The molecule has 2 rings (SSSR count). The molecule has 0 bridgehead atoms. The number of aryl methyl sites for hydroxylation is 1. The van der Waals surface area contributed by atoms with Gasteiger partial charge in [0.25, 0.3) is 0 Å². The Labute approximate surface area is 179 Å². The lowest BCUT2D eigenvalue weighted by Crippen LogP contribution is -2.36. The molecule has 0 aliphatic rings. The van der Waals surface area contributed by atoms with E-state index in [1.807, 2.05) is 27.7 Å². The molecule has 0 aliphatic heterocycles. The van der Waals surface area contributed by atoms with Crippen LogP contribution in [0.25, 0.3) is 0 Å². The second-order valence-electron chi connectivity index (χ2n) is 7.09. The summed E-state index contributed by atoms with van der Waals surface area (Å²) < 4.78 is 45.9. The number of nitrogens with zero attached hydrogens (tertiary/aromatic N) is 4. The van der Waals surface area contributed by atoms with E-state index in [0.717, 1.165) is 10.4 Å². The van der Waals surface area contributed by atoms with Crippen molar-refractivity contribution in [2.45, 2.75) is 52.4 Å². The van der Waals surface area contributed by atoms with Crippen molar-refractivity contribution >= 4 is 29.9 Å². The molecule has 2 aromatic rings. The van der Waals surface area contributed by atoms with Crippen molar-refractivity contribution in [3.63, 3.8) is 0 Å². The number of rotatable bonds is 5. The van der Waals surface area contributed by atoms with Crippen molar-refractivity contribution in [3.8, 4) is 0 Å². The summed E-state index contributed by atoms with van der Waals surface area (Å²) in [5.41, 5.74) is -1.07. The smallest absolute Gasteiger partial charge is 0.435 e. The van der Waals surface area contributed by atoms with Gasteiger partial charge in [-0.3, -0.25) is 4.68 Å². The highest BCUT2D eigenvalue weighted by atomic mass is 127. The molecule has 11 heteroatoms. The first-order valence-corrected chi connectivity index (χ1v) is 8.57. The molecule has 158 valence electrons. The number of aromatic nitrogens is 3. The van der Waals surface area contributed by atoms with Gasteiger partial charge in [-0.25, -0.2) is 9.98 Å². The minimum Gasteiger partial charge on any atom is -0.443 e. The van der Waals surface area contributed by atoms with Gasteiger partial charge in [-0.2, -0.15) is 18.3 Å². The van der Waals surface area contributed by atoms with Crippen LogP contribution in [0.4, 0.5) is 13.2 Å². The van der Waals surface area contributed by atoms with Crippen LogP contribution in [0.3, 0.4) is 0 Å². The maximum Gasteiger partial charge on any atom is 0.435 e. The molecule has 0 radical (unpaired) electrons. The summed E-state index contributed by atoms with van der Waals surface area (Å²) in [4.78, 5) is 8.42. The van der Waals surface area contributed by atoms with Crippen molar-refractivity contribution in [2.24, 2.45) is 12.0 Å². The molecule has 0 spiro atoms. The van der Waals surface area contributed by atoms with Crippen LogP contribution in [-0.2, 0) is 31.7 Å². The Kier molecular flexibility index (Phi) is 8.32. The molecule has 0 fully saturated rings. The van der Waals surface area contributed by atoms with Gasteiger partial charge in [0, 0.05) is 30.8 Å². The summed E-state index contributed by atoms with van der Waals surface area (Å²) in [6, 6.07) is 0. The van der Waals surface area contributed by atoms with Crippen LogP contribution in [0.1, 0.15) is 50.6 Å². The van der Waals surface area contributed by atoms with Crippen molar-refractivity contribution in [2.75, 3.05) is 6.54 Å². The first-order chi connectivity index (χ1) is 12.5. The van der Waals surface area contributed by atoms with E-state index in [1.165, 1.54) is 13.2 Å². The molecule has 7 nitrogen and oxygen atoms in total. The number of nitrogens with one attached hydrogen (secondary N) is 2. The van der Waals surface area contributed by atoms with Crippen LogP contribution in [0, 0.1) is 0 Å². The summed E-state index contributed by atoms with van der Waals surface area (Å²) >= 11 is 0. The van der Waals surface area contributed by atoms with Gasteiger partial charge in [-0.15, -0.1) is 24.0 Å². The fraction of sp³-hybridized carbons (Fsp3) is 0.588. The minimum atomic E-state index is -4.51. The van der Waals surface area contributed by atoms with Crippen LogP contribution in [0.15, 0.2) is 21.8 Å². The SMILES string of the molecule is CCNC(=NCc1cn(C)nc1C(F)(F)F)NCc1ncc(C(C)(C)C)o1.I. The molecule has 0 saturated carbocycles. The first kappa shape index (κ1) is 24.2. The third kappa shape index (κ3) is 6.67. The van der Waals surface area contributed by atoms with Crippen molar-refractivity contribution in [3.05, 3.63) is 35.3 Å². The van der Waals surface area contributed by atoms with E-state index >= 15 is 0 Å². The molecule has 0 aliphatic carbocycles. The van der Waals surface area contributed by atoms with Gasteiger partial charge in [-0.05, 0) is 6.92 Å². The molecule has 2 N–H and O–H groups in total. The summed E-state index contributed by atoms with van der Waals surface area (Å²) in [5, 5.41) is 9.48. The van der Waals surface area contributed by atoms with Crippen molar-refractivity contribution in [1.82, 2.24) is 25.4 Å². The molecule has 28 heavy (non-hydrogen) atoms. The van der Waals surface area contributed by atoms with Crippen molar-refractivity contribution < 1.29 is 17.6 Å². The lowest BCUT2D eigenvalue weighted by atomic mass is 9.94. The Balaban J connectivity index is 0.00000392. The molecular weight excluding hydrogens is 488 g/mol. The predicted molar refractivity (Wildman–Crippen MR) is 110 cm³/mol. The zero-order valence-corrected chi connectivity index (χ0v) is 18.8. The van der Waals surface area contributed by atoms with Gasteiger partial charge in [0.2, 0.25) is 5.89 Å². The normalized spacial score (nSPS) is 12.6. The van der Waals surface area contributed by atoms with Gasteiger partial charge in [0.15, 0.2) is 11.7 Å². The van der Waals surface area contributed by atoms with E-state index in [2.05, 4.69) is 25.7 Å². The monoisotopic (exact) mass is 514 g/mol. The van der Waals surface area contributed by atoms with Crippen LogP contribution in [0.5, 0.6) is 0 Å². The molecule has 0 atom stereocenters. The standard InChI is InChI=1S/C17H25F3N6O.HI/c1-6-21-15(24-9-13-22-8-12(27-13)16(2,3)4)23-7-11-10-26(5)25-14(11)17(18,19)20;/h8,10H,6-7,9H2,1-5H3,(H2,21,23,24);1H. The Bertz CT molecular complexity index is 792. The maximum atomic E-state index is 13.0.